The first-order valence-electron chi connectivity index (χ1n) is 10.1. The van der Waals surface area contributed by atoms with E-state index in [0.29, 0.717) is 27.6 Å². The van der Waals surface area contributed by atoms with Gasteiger partial charge in [-0.15, -0.1) is 0 Å². The van der Waals surface area contributed by atoms with E-state index < -0.39 is 22.5 Å². The van der Waals surface area contributed by atoms with Gasteiger partial charge in [-0.1, -0.05) is 45.2 Å². The first-order chi connectivity index (χ1) is 16.7. The SMILES string of the molecule is O=C(CN(Cc1ccc(Cl)c(Cl)c1)S(=O)(=O)c1ccc(Br)cc1)N/N=C/c1ccc2c(c1)OCO2. The number of benzene rings is 3. The zero-order chi connectivity index (χ0) is 25.0. The highest BCUT2D eigenvalue weighted by Crippen LogP contribution is 2.32. The summed E-state index contributed by atoms with van der Waals surface area (Å²) in [6.07, 6.45) is 1.42. The molecule has 0 spiro atoms. The quantitative estimate of drug-likeness (QED) is 0.296. The number of hydrogen-bond acceptors (Lipinski definition) is 6. The molecule has 0 saturated carbocycles. The molecule has 1 heterocycles. The van der Waals surface area contributed by atoms with Crippen LogP contribution < -0.4 is 14.9 Å². The van der Waals surface area contributed by atoms with Gasteiger partial charge in [-0.3, -0.25) is 4.79 Å². The number of sulfonamides is 1. The van der Waals surface area contributed by atoms with Crippen LogP contribution >= 0.6 is 39.1 Å². The predicted molar refractivity (Wildman–Crippen MR) is 137 cm³/mol. The zero-order valence-electron chi connectivity index (χ0n) is 17.9. The van der Waals surface area contributed by atoms with Crippen molar-refractivity contribution < 1.29 is 22.7 Å². The Balaban J connectivity index is 1.51. The minimum atomic E-state index is -4.02. The minimum absolute atomic E-state index is 0.0393. The molecule has 0 saturated heterocycles. The van der Waals surface area contributed by atoms with Crippen LogP contribution in [0.15, 0.2) is 75.1 Å². The molecule has 0 unspecified atom stereocenters. The van der Waals surface area contributed by atoms with Crippen molar-refractivity contribution in [3.63, 3.8) is 0 Å². The van der Waals surface area contributed by atoms with E-state index in [2.05, 4.69) is 26.5 Å². The van der Waals surface area contributed by atoms with Crippen molar-refractivity contribution in [3.8, 4) is 11.5 Å². The smallest absolute Gasteiger partial charge is 0.255 e. The van der Waals surface area contributed by atoms with Crippen LogP contribution in [-0.4, -0.2) is 38.2 Å². The fourth-order valence-electron chi connectivity index (χ4n) is 3.19. The summed E-state index contributed by atoms with van der Waals surface area (Å²) in [4.78, 5) is 12.7. The molecule has 1 N–H and O–H groups in total. The number of carbonyl (C=O) groups is 1. The van der Waals surface area contributed by atoms with Gasteiger partial charge >= 0.3 is 0 Å². The monoisotopic (exact) mass is 597 g/mol. The largest absolute Gasteiger partial charge is 0.454 e. The second-order valence-corrected chi connectivity index (χ2v) is 11.0. The molecular weight excluding hydrogens is 581 g/mol. The number of hydrazone groups is 1. The molecule has 0 bridgehead atoms. The Kier molecular flexibility index (Phi) is 7.98. The summed E-state index contributed by atoms with van der Waals surface area (Å²) in [5, 5.41) is 4.55. The van der Waals surface area contributed by atoms with Crippen molar-refractivity contribution in [2.24, 2.45) is 5.10 Å². The van der Waals surface area contributed by atoms with E-state index >= 15 is 0 Å². The van der Waals surface area contributed by atoms with Gasteiger partial charge in [-0.2, -0.15) is 9.41 Å². The summed E-state index contributed by atoms with van der Waals surface area (Å²) in [5.74, 6) is 0.582. The number of hydrogen-bond donors (Lipinski definition) is 1. The van der Waals surface area contributed by atoms with Gasteiger partial charge in [-0.05, 0) is 65.7 Å². The average Bonchev–Trinajstić information content (AvgIpc) is 3.29. The molecule has 3 aromatic rings. The lowest BCUT2D eigenvalue weighted by Crippen LogP contribution is -2.39. The van der Waals surface area contributed by atoms with Crippen LogP contribution in [0.3, 0.4) is 0 Å². The Morgan fingerprint density at radius 2 is 1.77 bits per heavy atom. The molecular formula is C23H18BrCl2N3O5S. The van der Waals surface area contributed by atoms with Crippen LogP contribution in [0.2, 0.25) is 10.0 Å². The Morgan fingerprint density at radius 3 is 2.51 bits per heavy atom. The van der Waals surface area contributed by atoms with E-state index in [1.54, 1.807) is 48.5 Å². The highest BCUT2D eigenvalue weighted by Gasteiger charge is 2.27. The molecule has 12 heteroatoms. The Bertz CT molecular complexity index is 1380. The van der Waals surface area contributed by atoms with Crippen LogP contribution in [-0.2, 0) is 21.4 Å². The number of halogens is 3. The van der Waals surface area contributed by atoms with Crippen molar-refractivity contribution >= 4 is 61.3 Å². The van der Waals surface area contributed by atoms with Crippen LogP contribution in [0.1, 0.15) is 11.1 Å². The summed E-state index contributed by atoms with van der Waals surface area (Å²) in [6.45, 7) is -0.431. The highest BCUT2D eigenvalue weighted by molar-refractivity contribution is 9.10. The van der Waals surface area contributed by atoms with Gasteiger partial charge in [0.25, 0.3) is 5.91 Å². The molecule has 0 aromatic heterocycles. The first kappa shape index (κ1) is 25.5. The fraction of sp³-hybridized carbons (Fsp3) is 0.130. The van der Waals surface area contributed by atoms with E-state index in [1.165, 1.54) is 18.3 Å². The van der Waals surface area contributed by atoms with E-state index in [4.69, 9.17) is 32.7 Å². The van der Waals surface area contributed by atoms with Gasteiger partial charge < -0.3 is 9.47 Å². The summed E-state index contributed by atoms with van der Waals surface area (Å²) in [5.41, 5.74) is 3.60. The fourth-order valence-corrected chi connectivity index (χ4v) is 5.16. The van der Waals surface area contributed by atoms with Gasteiger partial charge in [0.05, 0.1) is 27.7 Å². The number of amides is 1. The van der Waals surface area contributed by atoms with Crippen molar-refractivity contribution in [1.82, 2.24) is 9.73 Å². The Labute approximate surface area is 220 Å². The normalized spacial score (nSPS) is 12.9. The Morgan fingerprint density at radius 1 is 1.03 bits per heavy atom. The maximum absolute atomic E-state index is 13.3. The molecule has 0 fully saturated rings. The molecule has 182 valence electrons. The minimum Gasteiger partial charge on any atom is -0.454 e. The van der Waals surface area contributed by atoms with E-state index in [1.807, 2.05) is 0 Å². The van der Waals surface area contributed by atoms with Crippen LogP contribution in [0.4, 0.5) is 0 Å². The number of fused-ring (bicyclic) bond motifs is 1. The lowest BCUT2D eigenvalue weighted by atomic mass is 10.2. The third kappa shape index (κ3) is 6.33. The molecule has 1 amide bonds. The third-order valence-electron chi connectivity index (χ3n) is 4.91. The van der Waals surface area contributed by atoms with Gasteiger partial charge in [0.1, 0.15) is 0 Å². The number of nitrogens with one attached hydrogen (secondary N) is 1. The molecule has 0 radical (unpaired) electrons. The van der Waals surface area contributed by atoms with Crippen molar-refractivity contribution in [2.45, 2.75) is 11.4 Å². The summed E-state index contributed by atoms with van der Waals surface area (Å²) >= 11 is 15.4. The second kappa shape index (κ2) is 11.0. The number of ether oxygens (including phenoxy) is 2. The second-order valence-electron chi connectivity index (χ2n) is 7.38. The molecule has 1 aliphatic rings. The number of carbonyl (C=O) groups excluding carboxylic acids is 1. The molecule has 35 heavy (non-hydrogen) atoms. The van der Waals surface area contributed by atoms with Crippen LogP contribution in [0.5, 0.6) is 11.5 Å². The summed E-state index contributed by atoms with van der Waals surface area (Å²) in [6, 6.07) is 16.1. The summed E-state index contributed by atoms with van der Waals surface area (Å²) in [7, 11) is -4.02. The van der Waals surface area contributed by atoms with Crippen molar-refractivity contribution in [2.75, 3.05) is 13.3 Å². The molecule has 4 rings (SSSR count). The molecule has 8 nitrogen and oxygen atoms in total. The molecule has 3 aromatic carbocycles. The van der Waals surface area contributed by atoms with Gasteiger partial charge in [0.2, 0.25) is 16.8 Å². The molecule has 1 aliphatic heterocycles. The zero-order valence-corrected chi connectivity index (χ0v) is 21.9. The topological polar surface area (TPSA) is 97.3 Å². The predicted octanol–water partition coefficient (Wildman–Crippen LogP) is 4.83. The summed E-state index contributed by atoms with van der Waals surface area (Å²) < 4.78 is 39.0. The highest BCUT2D eigenvalue weighted by atomic mass is 79.9. The number of nitrogens with zero attached hydrogens (tertiary/aromatic N) is 2. The van der Waals surface area contributed by atoms with Crippen LogP contribution in [0, 0.1) is 0 Å². The van der Waals surface area contributed by atoms with Crippen LogP contribution in [0.25, 0.3) is 0 Å². The number of rotatable bonds is 8. The molecule has 0 atom stereocenters. The van der Waals surface area contributed by atoms with Crippen molar-refractivity contribution in [1.29, 1.82) is 0 Å². The van der Waals surface area contributed by atoms with E-state index in [9.17, 15) is 13.2 Å². The average molecular weight is 599 g/mol. The standard InChI is InChI=1S/C23H18BrCl2N3O5S/c24-17-3-5-18(6-4-17)35(31,32)29(12-16-1-7-19(25)20(26)9-16)13-23(30)28-27-11-15-2-8-21-22(10-15)34-14-33-21/h1-11H,12-14H2,(H,28,30)/b27-11+. The van der Waals surface area contributed by atoms with Gasteiger partial charge in [0.15, 0.2) is 11.5 Å². The maximum atomic E-state index is 13.3. The van der Waals surface area contributed by atoms with E-state index in [-0.39, 0.29) is 23.3 Å². The van der Waals surface area contributed by atoms with E-state index in [0.717, 1.165) is 8.78 Å². The van der Waals surface area contributed by atoms with Gasteiger partial charge in [-0.25, -0.2) is 13.8 Å². The molecule has 0 aliphatic carbocycles. The third-order valence-corrected chi connectivity index (χ3v) is 7.99. The van der Waals surface area contributed by atoms with Gasteiger partial charge in [0, 0.05) is 11.0 Å². The first-order valence-corrected chi connectivity index (χ1v) is 13.1. The van der Waals surface area contributed by atoms with Crippen molar-refractivity contribution in [3.05, 3.63) is 86.3 Å². The maximum Gasteiger partial charge on any atom is 0.255 e. The lowest BCUT2D eigenvalue weighted by molar-refractivity contribution is -0.121. The Hall–Kier alpha value is -2.63. The lowest BCUT2D eigenvalue weighted by Gasteiger charge is -2.22.